The number of nitrogens with one attached hydrogen (secondary N) is 1. The molecule has 1 rings (SSSR count). The summed E-state index contributed by atoms with van der Waals surface area (Å²) in [7, 11) is 4.08. The maximum absolute atomic E-state index is 6.63. The van der Waals surface area contributed by atoms with Crippen LogP contribution in [0.15, 0.2) is 0 Å². The predicted molar refractivity (Wildman–Crippen MR) is 95.5 cm³/mol. The van der Waals surface area contributed by atoms with Gasteiger partial charge in [-0.15, -0.1) is 23.2 Å². The van der Waals surface area contributed by atoms with Crippen LogP contribution in [0, 0.1) is 0 Å². The minimum atomic E-state index is -0.199. The number of piperazine rings is 1. The molecule has 22 heavy (non-hydrogen) atoms. The molecular formula is C15H32Cl2N5. The van der Waals surface area contributed by atoms with Gasteiger partial charge in [0.1, 0.15) is 17.2 Å². The van der Waals surface area contributed by atoms with Gasteiger partial charge in [0.2, 0.25) is 0 Å². The van der Waals surface area contributed by atoms with E-state index < -0.39 is 0 Å². The lowest BCUT2D eigenvalue weighted by atomic mass is 10.2. The number of rotatable bonds is 9. The Bertz CT molecular complexity index is 302. The molecule has 1 aliphatic heterocycles. The standard InChI is InChI=1S/C15H32Cl2N5/c1-6-21(7-2)9-8-10-22-13(16)11-18-15(14(22)17)19-12(3)20(4)5/h12-15,19H,6-11H2,1-5H3. The van der Waals surface area contributed by atoms with Gasteiger partial charge in [-0.05, 0) is 47.1 Å². The quantitative estimate of drug-likeness (QED) is 0.388. The second-order valence-electron chi connectivity index (χ2n) is 6.04. The first-order chi connectivity index (χ1) is 10.4. The molecule has 0 aromatic heterocycles. The van der Waals surface area contributed by atoms with E-state index in [1.807, 2.05) is 14.1 Å². The average Bonchev–Trinajstić information content (AvgIpc) is 2.49. The zero-order valence-corrected chi connectivity index (χ0v) is 16.1. The first-order valence-corrected chi connectivity index (χ1v) is 9.13. The van der Waals surface area contributed by atoms with Crippen LogP contribution in [0.5, 0.6) is 0 Å². The van der Waals surface area contributed by atoms with Gasteiger partial charge in [0, 0.05) is 13.1 Å². The van der Waals surface area contributed by atoms with Crippen molar-refractivity contribution in [3.8, 4) is 0 Å². The van der Waals surface area contributed by atoms with E-state index in [-0.39, 0.29) is 23.3 Å². The fourth-order valence-corrected chi connectivity index (χ4v) is 3.28. The van der Waals surface area contributed by atoms with Crippen molar-refractivity contribution in [2.75, 3.05) is 46.8 Å². The van der Waals surface area contributed by atoms with Crippen LogP contribution in [0.2, 0.25) is 0 Å². The topological polar surface area (TPSA) is 35.9 Å². The zero-order chi connectivity index (χ0) is 16.7. The Morgan fingerprint density at radius 3 is 2.45 bits per heavy atom. The predicted octanol–water partition coefficient (Wildman–Crippen LogP) is 1.59. The van der Waals surface area contributed by atoms with Gasteiger partial charge in [0.25, 0.3) is 0 Å². The van der Waals surface area contributed by atoms with Crippen LogP contribution in [0.25, 0.3) is 0 Å². The van der Waals surface area contributed by atoms with Crippen LogP contribution in [0.4, 0.5) is 0 Å². The van der Waals surface area contributed by atoms with Crippen molar-refractivity contribution in [1.82, 2.24) is 25.3 Å². The molecule has 4 unspecified atom stereocenters. The number of nitrogens with zero attached hydrogens (tertiary/aromatic N) is 4. The van der Waals surface area contributed by atoms with E-state index >= 15 is 0 Å². The maximum atomic E-state index is 6.63. The lowest BCUT2D eigenvalue weighted by Crippen LogP contribution is -2.63. The van der Waals surface area contributed by atoms with Crippen LogP contribution < -0.4 is 10.6 Å². The second-order valence-corrected chi connectivity index (χ2v) is 6.99. The number of hydrogen-bond donors (Lipinski definition) is 1. The van der Waals surface area contributed by atoms with E-state index in [1.165, 1.54) is 0 Å². The van der Waals surface area contributed by atoms with Gasteiger partial charge in [0.15, 0.2) is 0 Å². The summed E-state index contributed by atoms with van der Waals surface area (Å²) in [5, 5.41) is 8.04. The molecule has 0 aliphatic carbocycles. The van der Waals surface area contributed by atoms with E-state index in [2.05, 4.69) is 46.1 Å². The SMILES string of the molecule is CCN(CC)CCCN1C(Cl)C[N]C(NC(C)N(C)C)C1Cl. The summed E-state index contributed by atoms with van der Waals surface area (Å²) in [6, 6.07) is 0. The lowest BCUT2D eigenvalue weighted by Gasteiger charge is -2.42. The van der Waals surface area contributed by atoms with Crippen LogP contribution in [-0.2, 0) is 0 Å². The van der Waals surface area contributed by atoms with Crippen molar-refractivity contribution >= 4 is 23.2 Å². The van der Waals surface area contributed by atoms with Gasteiger partial charge in [-0.3, -0.25) is 15.1 Å². The largest absolute Gasteiger partial charge is 0.304 e. The van der Waals surface area contributed by atoms with E-state index in [1.54, 1.807) is 0 Å². The smallest absolute Gasteiger partial charge is 0.117 e. The highest BCUT2D eigenvalue weighted by molar-refractivity contribution is 6.23. The molecule has 1 N–H and O–H groups in total. The maximum Gasteiger partial charge on any atom is 0.117 e. The summed E-state index contributed by atoms with van der Waals surface area (Å²) in [5.41, 5.74) is -0.303. The molecule has 131 valence electrons. The first-order valence-electron chi connectivity index (χ1n) is 8.26. The molecule has 0 saturated carbocycles. The molecule has 7 heteroatoms. The molecule has 1 saturated heterocycles. The van der Waals surface area contributed by atoms with Crippen LogP contribution in [0.1, 0.15) is 27.2 Å². The number of hydrogen-bond acceptors (Lipinski definition) is 4. The van der Waals surface area contributed by atoms with Crippen molar-refractivity contribution in [2.45, 2.75) is 50.5 Å². The summed E-state index contributed by atoms with van der Waals surface area (Å²) < 4.78 is 0. The fraction of sp³-hybridized carbons (Fsp3) is 1.00. The van der Waals surface area contributed by atoms with Gasteiger partial charge in [0.05, 0.1) is 6.17 Å². The first kappa shape index (κ1) is 20.4. The van der Waals surface area contributed by atoms with Crippen molar-refractivity contribution in [3.05, 3.63) is 0 Å². The third kappa shape index (κ3) is 6.11. The molecule has 1 radical (unpaired) electrons. The Morgan fingerprint density at radius 1 is 1.27 bits per heavy atom. The van der Waals surface area contributed by atoms with Crippen molar-refractivity contribution in [1.29, 1.82) is 0 Å². The molecule has 0 aromatic rings. The normalized spacial score (nSPS) is 28.5. The van der Waals surface area contributed by atoms with Gasteiger partial charge < -0.3 is 4.90 Å². The molecule has 0 amide bonds. The molecule has 4 atom stereocenters. The molecule has 5 nitrogen and oxygen atoms in total. The molecule has 1 fully saturated rings. The lowest BCUT2D eigenvalue weighted by molar-refractivity contribution is 0.102. The molecule has 0 bridgehead atoms. The summed E-state index contributed by atoms with van der Waals surface area (Å²) in [6.45, 7) is 11.3. The number of alkyl halides is 2. The molecule has 1 aliphatic rings. The molecular weight excluding hydrogens is 321 g/mol. The number of halogens is 2. The van der Waals surface area contributed by atoms with Crippen LogP contribution >= 0.6 is 23.2 Å². The highest BCUT2D eigenvalue weighted by Crippen LogP contribution is 2.21. The Kier molecular flexibility index (Phi) is 9.55. The summed E-state index contributed by atoms with van der Waals surface area (Å²) in [6.07, 6.45) is 1.21. The van der Waals surface area contributed by atoms with Gasteiger partial charge >= 0.3 is 0 Å². The Hall–Kier alpha value is 0.380. The summed E-state index contributed by atoms with van der Waals surface area (Å²) in [4.78, 5) is 6.70. The Labute approximate surface area is 146 Å². The van der Waals surface area contributed by atoms with Crippen LogP contribution in [-0.4, -0.2) is 84.9 Å². The highest BCUT2D eigenvalue weighted by atomic mass is 35.5. The van der Waals surface area contributed by atoms with Gasteiger partial charge in [-0.2, -0.15) is 0 Å². The fourth-order valence-electron chi connectivity index (χ4n) is 2.54. The minimum absolute atomic E-state index is 0.0810. The van der Waals surface area contributed by atoms with E-state index in [0.717, 1.165) is 32.6 Å². The molecule has 1 heterocycles. The second kappa shape index (κ2) is 10.3. The third-order valence-electron chi connectivity index (χ3n) is 4.36. The van der Waals surface area contributed by atoms with Crippen molar-refractivity contribution < 1.29 is 0 Å². The van der Waals surface area contributed by atoms with Crippen molar-refractivity contribution in [2.24, 2.45) is 0 Å². The minimum Gasteiger partial charge on any atom is -0.304 e. The average molecular weight is 353 g/mol. The Balaban J connectivity index is 2.49. The highest BCUT2D eigenvalue weighted by Gasteiger charge is 2.36. The monoisotopic (exact) mass is 352 g/mol. The molecule has 0 spiro atoms. The van der Waals surface area contributed by atoms with E-state index in [0.29, 0.717) is 6.54 Å². The zero-order valence-electron chi connectivity index (χ0n) is 14.6. The van der Waals surface area contributed by atoms with E-state index in [9.17, 15) is 0 Å². The summed E-state index contributed by atoms with van der Waals surface area (Å²) >= 11 is 13.0. The molecule has 0 aromatic carbocycles. The van der Waals surface area contributed by atoms with Gasteiger partial charge in [-0.1, -0.05) is 13.8 Å². The van der Waals surface area contributed by atoms with Crippen LogP contribution in [0.3, 0.4) is 0 Å². The Morgan fingerprint density at radius 2 is 1.91 bits per heavy atom. The van der Waals surface area contributed by atoms with Crippen molar-refractivity contribution in [3.63, 3.8) is 0 Å². The van der Waals surface area contributed by atoms with Gasteiger partial charge in [-0.25, -0.2) is 5.32 Å². The third-order valence-corrected chi connectivity index (χ3v) is 5.24. The summed E-state index contributed by atoms with van der Waals surface area (Å²) in [5.74, 6) is 0. The van der Waals surface area contributed by atoms with E-state index in [4.69, 9.17) is 23.2 Å².